The summed E-state index contributed by atoms with van der Waals surface area (Å²) in [5.74, 6) is -1.47. The zero-order chi connectivity index (χ0) is 12.8. The second-order valence-electron chi connectivity index (χ2n) is 3.85. The first kappa shape index (κ1) is 13.6. The molecule has 0 amide bonds. The molecule has 1 aromatic carbocycles. The van der Waals surface area contributed by atoms with Crippen molar-refractivity contribution in [2.24, 2.45) is 0 Å². The fraction of sp³-hybridized carbons (Fsp3) is 0.417. The van der Waals surface area contributed by atoms with E-state index in [0.717, 1.165) is 0 Å². The second kappa shape index (κ2) is 6.32. The van der Waals surface area contributed by atoms with Gasteiger partial charge in [-0.2, -0.15) is 0 Å². The Labute approximate surface area is 99.4 Å². The number of halogens is 1. The number of aromatic carboxylic acids is 1. The van der Waals surface area contributed by atoms with Crippen molar-refractivity contribution in [1.29, 1.82) is 0 Å². The van der Waals surface area contributed by atoms with Crippen molar-refractivity contribution in [3.8, 4) is 0 Å². The van der Waals surface area contributed by atoms with Gasteiger partial charge in [-0.25, -0.2) is 9.18 Å². The fourth-order valence-electron chi connectivity index (χ4n) is 1.44. The normalized spacial score (nSPS) is 12.4. The minimum Gasteiger partial charge on any atom is -0.478 e. The van der Waals surface area contributed by atoms with Crippen LogP contribution in [0.1, 0.15) is 22.8 Å². The van der Waals surface area contributed by atoms with Gasteiger partial charge in [0.2, 0.25) is 0 Å². The Kier molecular flexibility index (Phi) is 5.06. The van der Waals surface area contributed by atoms with Gasteiger partial charge in [0.15, 0.2) is 0 Å². The van der Waals surface area contributed by atoms with E-state index < -0.39 is 11.8 Å². The molecule has 0 saturated heterocycles. The van der Waals surface area contributed by atoms with Gasteiger partial charge in [0, 0.05) is 25.3 Å². The van der Waals surface area contributed by atoms with Gasteiger partial charge in [-0.15, -0.1) is 0 Å². The number of methoxy groups -OCH3 is 1. The van der Waals surface area contributed by atoms with Crippen LogP contribution in [-0.4, -0.2) is 30.8 Å². The Morgan fingerprint density at radius 1 is 1.59 bits per heavy atom. The molecule has 0 saturated carbocycles. The summed E-state index contributed by atoms with van der Waals surface area (Å²) in [5.41, 5.74) is 0.426. The lowest BCUT2D eigenvalue weighted by atomic mass is 10.1. The highest BCUT2D eigenvalue weighted by Gasteiger charge is 2.09. The third-order valence-corrected chi connectivity index (χ3v) is 2.35. The predicted molar refractivity (Wildman–Crippen MR) is 61.5 cm³/mol. The molecule has 0 spiro atoms. The zero-order valence-corrected chi connectivity index (χ0v) is 9.87. The maximum atomic E-state index is 13.4. The van der Waals surface area contributed by atoms with Crippen molar-refractivity contribution in [3.63, 3.8) is 0 Å². The monoisotopic (exact) mass is 241 g/mol. The van der Waals surface area contributed by atoms with Gasteiger partial charge in [-0.1, -0.05) is 0 Å². The highest BCUT2D eigenvalue weighted by Crippen LogP contribution is 2.10. The van der Waals surface area contributed by atoms with Crippen molar-refractivity contribution < 1.29 is 19.0 Å². The SMILES string of the molecule is COCC(C)NCc1cc(C(=O)O)ccc1F. The van der Waals surface area contributed by atoms with Crippen LogP contribution >= 0.6 is 0 Å². The Morgan fingerprint density at radius 3 is 2.88 bits per heavy atom. The highest BCUT2D eigenvalue weighted by atomic mass is 19.1. The Hall–Kier alpha value is -1.46. The van der Waals surface area contributed by atoms with E-state index in [2.05, 4.69) is 5.32 Å². The molecular formula is C12H16FNO3. The lowest BCUT2D eigenvalue weighted by molar-refractivity contribution is 0.0696. The molecule has 1 aromatic rings. The molecule has 0 fully saturated rings. The Bertz CT molecular complexity index is 395. The van der Waals surface area contributed by atoms with Gasteiger partial charge in [0.25, 0.3) is 0 Å². The van der Waals surface area contributed by atoms with E-state index in [0.29, 0.717) is 12.2 Å². The van der Waals surface area contributed by atoms with Gasteiger partial charge in [0.1, 0.15) is 5.82 Å². The topological polar surface area (TPSA) is 58.6 Å². The summed E-state index contributed by atoms with van der Waals surface area (Å²) in [4.78, 5) is 10.7. The molecule has 4 nitrogen and oxygen atoms in total. The second-order valence-corrected chi connectivity index (χ2v) is 3.85. The third-order valence-electron chi connectivity index (χ3n) is 2.35. The Morgan fingerprint density at radius 2 is 2.29 bits per heavy atom. The van der Waals surface area contributed by atoms with Crippen molar-refractivity contribution in [2.75, 3.05) is 13.7 Å². The largest absolute Gasteiger partial charge is 0.478 e. The molecule has 1 rings (SSSR count). The molecule has 0 bridgehead atoms. The van der Waals surface area contributed by atoms with Crippen molar-refractivity contribution >= 4 is 5.97 Å². The summed E-state index contributed by atoms with van der Waals surface area (Å²) in [6.07, 6.45) is 0. The van der Waals surface area contributed by atoms with Crippen LogP contribution in [0.4, 0.5) is 4.39 Å². The number of nitrogens with one attached hydrogen (secondary N) is 1. The molecule has 0 aliphatic rings. The van der Waals surface area contributed by atoms with Crippen LogP contribution in [0, 0.1) is 5.82 Å². The number of carbonyl (C=O) groups is 1. The summed E-state index contributed by atoms with van der Waals surface area (Å²) in [6.45, 7) is 2.69. The van der Waals surface area contributed by atoms with Crippen molar-refractivity contribution in [2.45, 2.75) is 19.5 Å². The predicted octanol–water partition coefficient (Wildman–Crippen LogP) is 1.65. The van der Waals surface area contributed by atoms with E-state index in [4.69, 9.17) is 9.84 Å². The maximum Gasteiger partial charge on any atom is 0.335 e. The number of ether oxygens (including phenoxy) is 1. The molecule has 17 heavy (non-hydrogen) atoms. The van der Waals surface area contributed by atoms with Crippen molar-refractivity contribution in [1.82, 2.24) is 5.32 Å². The van der Waals surface area contributed by atoms with E-state index in [-0.39, 0.29) is 18.2 Å². The standard InChI is InChI=1S/C12H16FNO3/c1-8(7-17-2)14-6-10-5-9(12(15)16)3-4-11(10)13/h3-5,8,14H,6-7H2,1-2H3,(H,15,16). The summed E-state index contributed by atoms with van der Waals surface area (Å²) >= 11 is 0. The molecule has 0 aliphatic carbocycles. The molecule has 0 heterocycles. The molecule has 94 valence electrons. The van der Waals surface area contributed by atoms with E-state index in [9.17, 15) is 9.18 Å². The first-order valence-corrected chi connectivity index (χ1v) is 5.28. The van der Waals surface area contributed by atoms with Crippen LogP contribution in [0.25, 0.3) is 0 Å². The number of rotatable bonds is 6. The van der Waals surface area contributed by atoms with Crippen LogP contribution in [0.2, 0.25) is 0 Å². The minimum absolute atomic E-state index is 0.0767. The average molecular weight is 241 g/mol. The lowest BCUT2D eigenvalue weighted by Crippen LogP contribution is -2.30. The first-order chi connectivity index (χ1) is 8.04. The molecule has 1 atom stereocenters. The lowest BCUT2D eigenvalue weighted by Gasteiger charge is -2.13. The van der Waals surface area contributed by atoms with E-state index in [1.165, 1.54) is 18.2 Å². The quantitative estimate of drug-likeness (QED) is 0.795. The number of carboxylic acids is 1. The van der Waals surface area contributed by atoms with Crippen molar-refractivity contribution in [3.05, 3.63) is 35.1 Å². The third kappa shape index (κ3) is 4.13. The van der Waals surface area contributed by atoms with Gasteiger partial charge >= 0.3 is 5.97 Å². The molecule has 0 aliphatic heterocycles. The molecule has 0 radical (unpaired) electrons. The van der Waals surface area contributed by atoms with Crippen LogP contribution in [0.5, 0.6) is 0 Å². The van der Waals surface area contributed by atoms with Gasteiger partial charge in [-0.05, 0) is 25.1 Å². The smallest absolute Gasteiger partial charge is 0.335 e. The van der Waals surface area contributed by atoms with Crippen LogP contribution in [0.3, 0.4) is 0 Å². The summed E-state index contributed by atoms with van der Waals surface area (Å²) < 4.78 is 18.3. The minimum atomic E-state index is -1.06. The molecule has 0 aromatic heterocycles. The number of hydrogen-bond donors (Lipinski definition) is 2. The molecule has 1 unspecified atom stereocenters. The van der Waals surface area contributed by atoms with Crippen LogP contribution in [-0.2, 0) is 11.3 Å². The summed E-state index contributed by atoms with van der Waals surface area (Å²) in [7, 11) is 1.59. The van der Waals surface area contributed by atoms with Gasteiger partial charge in [0.05, 0.1) is 12.2 Å². The van der Waals surface area contributed by atoms with E-state index >= 15 is 0 Å². The summed E-state index contributed by atoms with van der Waals surface area (Å²) in [6, 6.07) is 3.83. The number of carboxylic acid groups (broad SMARTS) is 1. The average Bonchev–Trinajstić information content (AvgIpc) is 2.28. The molecule has 5 heteroatoms. The van der Waals surface area contributed by atoms with E-state index in [1.807, 2.05) is 6.92 Å². The van der Waals surface area contributed by atoms with Crippen LogP contribution < -0.4 is 5.32 Å². The maximum absolute atomic E-state index is 13.4. The Balaban J connectivity index is 2.69. The van der Waals surface area contributed by atoms with Gasteiger partial charge < -0.3 is 15.2 Å². The molecular weight excluding hydrogens is 225 g/mol. The first-order valence-electron chi connectivity index (χ1n) is 5.28. The van der Waals surface area contributed by atoms with Crippen LogP contribution in [0.15, 0.2) is 18.2 Å². The number of hydrogen-bond acceptors (Lipinski definition) is 3. The van der Waals surface area contributed by atoms with E-state index in [1.54, 1.807) is 7.11 Å². The summed E-state index contributed by atoms with van der Waals surface area (Å²) in [5, 5.41) is 11.8. The van der Waals surface area contributed by atoms with Gasteiger partial charge in [-0.3, -0.25) is 0 Å². The molecule has 2 N–H and O–H groups in total. The fourth-order valence-corrected chi connectivity index (χ4v) is 1.44. The highest BCUT2D eigenvalue weighted by molar-refractivity contribution is 5.87. The number of benzene rings is 1. The zero-order valence-electron chi connectivity index (χ0n) is 9.87.